The van der Waals surface area contributed by atoms with E-state index < -0.39 is 0 Å². The molecule has 0 saturated heterocycles. The summed E-state index contributed by atoms with van der Waals surface area (Å²) in [4.78, 5) is 15.5. The molecule has 0 radical (unpaired) electrons. The van der Waals surface area contributed by atoms with E-state index in [4.69, 9.17) is 4.42 Å². The predicted octanol–water partition coefficient (Wildman–Crippen LogP) is 2.99. The number of nitrogens with one attached hydrogen (secondary N) is 1. The number of carbonyl (C=O) groups excluding carboxylic acids is 1. The summed E-state index contributed by atoms with van der Waals surface area (Å²) in [5.41, 5.74) is 2.12. The maximum Gasteiger partial charge on any atom is 0.287 e. The third kappa shape index (κ3) is 3.11. The summed E-state index contributed by atoms with van der Waals surface area (Å²) in [6.45, 7) is 4.53. The highest BCUT2D eigenvalue weighted by atomic mass is 32.1. The molecule has 0 aliphatic heterocycles. The Hall–Kier alpha value is -1.59. The van der Waals surface area contributed by atoms with Gasteiger partial charge in [-0.3, -0.25) is 4.79 Å². The van der Waals surface area contributed by atoms with Gasteiger partial charge in [0.15, 0.2) is 5.76 Å². The van der Waals surface area contributed by atoms with Crippen LogP contribution in [0.2, 0.25) is 0 Å². The number of likely N-dealkylation sites (N-methyl/N-ethyl adjacent to an activating group) is 1. The van der Waals surface area contributed by atoms with E-state index in [-0.39, 0.29) is 11.9 Å². The number of nitrogens with zero attached hydrogens (tertiary/aromatic N) is 1. The summed E-state index contributed by atoms with van der Waals surface area (Å²) in [5, 5.41) is 5.04. The smallest absolute Gasteiger partial charge is 0.287 e. The lowest BCUT2D eigenvalue weighted by Crippen LogP contribution is -2.34. The van der Waals surface area contributed by atoms with Gasteiger partial charge in [-0.25, -0.2) is 0 Å². The normalized spacial score (nSPS) is 12.7. The number of thiophene rings is 1. The molecule has 1 amide bonds. The fourth-order valence-electron chi connectivity index (χ4n) is 2.11. The van der Waals surface area contributed by atoms with Crippen LogP contribution in [0.5, 0.6) is 0 Å². The minimum atomic E-state index is -0.159. The molecule has 2 rings (SSSR count). The number of hydrogen-bond acceptors (Lipinski definition) is 4. The Bertz CT molecular complexity index is 586. The molecule has 0 aliphatic rings. The van der Waals surface area contributed by atoms with Gasteiger partial charge in [-0.1, -0.05) is 0 Å². The van der Waals surface area contributed by atoms with Gasteiger partial charge in [0, 0.05) is 17.0 Å². The predicted molar refractivity (Wildman–Crippen MR) is 81.3 cm³/mol. The molecule has 0 fully saturated rings. The van der Waals surface area contributed by atoms with Crippen molar-refractivity contribution in [2.75, 3.05) is 20.6 Å². The second-order valence-electron chi connectivity index (χ2n) is 5.09. The summed E-state index contributed by atoms with van der Waals surface area (Å²) in [7, 11) is 4.04. The summed E-state index contributed by atoms with van der Waals surface area (Å²) in [5.74, 6) is 0.235. The summed E-state index contributed by atoms with van der Waals surface area (Å²) >= 11 is 1.72. The van der Waals surface area contributed by atoms with Crippen molar-refractivity contribution >= 4 is 17.2 Å². The first-order chi connectivity index (χ1) is 9.50. The molecule has 20 heavy (non-hydrogen) atoms. The van der Waals surface area contributed by atoms with E-state index in [1.54, 1.807) is 17.4 Å². The van der Waals surface area contributed by atoms with E-state index >= 15 is 0 Å². The Kier molecular flexibility index (Phi) is 4.62. The number of rotatable bonds is 5. The molecule has 1 atom stereocenters. The molecule has 0 spiro atoms. The van der Waals surface area contributed by atoms with E-state index in [1.807, 2.05) is 21.0 Å². The molecule has 2 aromatic heterocycles. The van der Waals surface area contributed by atoms with Crippen LogP contribution in [0.15, 0.2) is 28.2 Å². The van der Waals surface area contributed by atoms with Crippen molar-refractivity contribution < 1.29 is 9.21 Å². The van der Waals surface area contributed by atoms with Crippen LogP contribution in [0, 0.1) is 13.8 Å². The summed E-state index contributed by atoms with van der Waals surface area (Å²) < 4.78 is 5.21. The van der Waals surface area contributed by atoms with Crippen LogP contribution in [-0.2, 0) is 0 Å². The number of hydrogen-bond donors (Lipinski definition) is 1. The van der Waals surface area contributed by atoms with Crippen LogP contribution in [0.4, 0.5) is 0 Å². The first-order valence-corrected chi connectivity index (χ1v) is 7.41. The number of carbonyl (C=O) groups is 1. The van der Waals surface area contributed by atoms with Crippen molar-refractivity contribution in [2.24, 2.45) is 0 Å². The van der Waals surface area contributed by atoms with Gasteiger partial charge in [0.05, 0.1) is 12.3 Å². The minimum absolute atomic E-state index is 0.159. The van der Waals surface area contributed by atoms with Gasteiger partial charge in [0.2, 0.25) is 0 Å². The summed E-state index contributed by atoms with van der Waals surface area (Å²) in [6, 6.07) is 4.07. The van der Waals surface area contributed by atoms with E-state index in [0.717, 1.165) is 5.56 Å². The monoisotopic (exact) mass is 292 g/mol. The second kappa shape index (κ2) is 6.24. The van der Waals surface area contributed by atoms with Crippen molar-refractivity contribution in [1.29, 1.82) is 0 Å². The van der Waals surface area contributed by atoms with Crippen molar-refractivity contribution in [3.63, 3.8) is 0 Å². The highest BCUT2D eigenvalue weighted by molar-refractivity contribution is 7.10. The third-order valence-corrected chi connectivity index (χ3v) is 4.47. The van der Waals surface area contributed by atoms with Crippen molar-refractivity contribution in [1.82, 2.24) is 10.2 Å². The van der Waals surface area contributed by atoms with Gasteiger partial charge in [0.1, 0.15) is 0 Å². The Labute approximate surface area is 123 Å². The standard InChI is InChI=1S/C15H20N2O2S/c1-10-5-7-19-13(10)15(18)16-9-12(17(3)4)14-11(2)6-8-20-14/h5-8,12H,9H2,1-4H3,(H,16,18)/t12-/m1/s1. The van der Waals surface area contributed by atoms with Crippen molar-refractivity contribution in [3.8, 4) is 0 Å². The van der Waals surface area contributed by atoms with Crippen LogP contribution >= 0.6 is 11.3 Å². The SMILES string of the molecule is Cc1ccoc1C(=O)NC[C@H](c1sccc1C)N(C)C. The highest BCUT2D eigenvalue weighted by Crippen LogP contribution is 2.26. The Morgan fingerprint density at radius 3 is 2.60 bits per heavy atom. The molecule has 2 heterocycles. The zero-order valence-electron chi connectivity index (χ0n) is 12.3. The molecule has 0 aromatic carbocycles. The van der Waals surface area contributed by atoms with Gasteiger partial charge >= 0.3 is 0 Å². The fraction of sp³-hybridized carbons (Fsp3) is 0.400. The quantitative estimate of drug-likeness (QED) is 0.921. The van der Waals surface area contributed by atoms with Crippen LogP contribution in [0.25, 0.3) is 0 Å². The van der Waals surface area contributed by atoms with E-state index in [1.165, 1.54) is 16.7 Å². The Balaban J connectivity index is 2.06. The van der Waals surface area contributed by atoms with Gasteiger partial charge in [-0.15, -0.1) is 11.3 Å². The third-order valence-electron chi connectivity index (χ3n) is 3.35. The van der Waals surface area contributed by atoms with Crippen LogP contribution in [0.1, 0.15) is 32.6 Å². The lowest BCUT2D eigenvalue weighted by molar-refractivity contribution is 0.0913. The first-order valence-electron chi connectivity index (χ1n) is 6.53. The Morgan fingerprint density at radius 2 is 2.10 bits per heavy atom. The average molecular weight is 292 g/mol. The lowest BCUT2D eigenvalue weighted by atomic mass is 10.1. The molecule has 5 heteroatoms. The van der Waals surface area contributed by atoms with E-state index in [2.05, 4.69) is 28.6 Å². The van der Waals surface area contributed by atoms with E-state index in [9.17, 15) is 4.79 Å². The highest BCUT2D eigenvalue weighted by Gasteiger charge is 2.20. The summed E-state index contributed by atoms with van der Waals surface area (Å²) in [6.07, 6.45) is 1.54. The van der Waals surface area contributed by atoms with Gasteiger partial charge in [-0.2, -0.15) is 0 Å². The lowest BCUT2D eigenvalue weighted by Gasteiger charge is -2.24. The molecule has 2 aromatic rings. The first kappa shape index (κ1) is 14.8. The van der Waals surface area contributed by atoms with Crippen LogP contribution < -0.4 is 5.32 Å². The number of furan rings is 1. The number of aryl methyl sites for hydroxylation is 2. The van der Waals surface area contributed by atoms with Crippen LogP contribution in [-0.4, -0.2) is 31.4 Å². The van der Waals surface area contributed by atoms with E-state index in [0.29, 0.717) is 12.3 Å². The largest absolute Gasteiger partial charge is 0.459 e. The molecular weight excluding hydrogens is 272 g/mol. The zero-order valence-corrected chi connectivity index (χ0v) is 13.1. The van der Waals surface area contributed by atoms with Gasteiger partial charge < -0.3 is 14.6 Å². The maximum atomic E-state index is 12.1. The molecule has 0 aliphatic carbocycles. The molecule has 0 saturated carbocycles. The fourth-order valence-corrected chi connectivity index (χ4v) is 3.23. The molecular formula is C15H20N2O2S. The van der Waals surface area contributed by atoms with Crippen LogP contribution in [0.3, 0.4) is 0 Å². The number of amides is 1. The molecule has 0 unspecified atom stereocenters. The van der Waals surface area contributed by atoms with Crippen molar-refractivity contribution in [3.05, 3.63) is 45.5 Å². The molecule has 1 N–H and O–H groups in total. The second-order valence-corrected chi connectivity index (χ2v) is 6.04. The van der Waals surface area contributed by atoms with Gasteiger partial charge in [-0.05, 0) is 51.0 Å². The molecule has 0 bridgehead atoms. The topological polar surface area (TPSA) is 45.5 Å². The van der Waals surface area contributed by atoms with Gasteiger partial charge in [0.25, 0.3) is 5.91 Å². The van der Waals surface area contributed by atoms with Crippen molar-refractivity contribution in [2.45, 2.75) is 19.9 Å². The molecule has 4 nitrogen and oxygen atoms in total. The maximum absolute atomic E-state index is 12.1. The Morgan fingerprint density at radius 1 is 1.35 bits per heavy atom. The zero-order chi connectivity index (χ0) is 14.7. The average Bonchev–Trinajstić information content (AvgIpc) is 2.98. The molecule has 108 valence electrons. The minimum Gasteiger partial charge on any atom is -0.459 e.